The first-order chi connectivity index (χ1) is 12.0. The van der Waals surface area contributed by atoms with Crippen LogP contribution in [-0.2, 0) is 4.79 Å². The van der Waals surface area contributed by atoms with E-state index in [2.05, 4.69) is 5.10 Å². The van der Waals surface area contributed by atoms with E-state index in [1.54, 1.807) is 12.1 Å². The predicted octanol–water partition coefficient (Wildman–Crippen LogP) is 3.24. The first-order valence-corrected chi connectivity index (χ1v) is 7.72. The number of halogens is 1. The van der Waals surface area contributed by atoms with Gasteiger partial charge in [-0.1, -0.05) is 29.8 Å². The van der Waals surface area contributed by atoms with E-state index in [0.29, 0.717) is 5.02 Å². The van der Waals surface area contributed by atoms with Gasteiger partial charge in [-0.3, -0.25) is 4.79 Å². The van der Waals surface area contributed by atoms with Crippen molar-refractivity contribution >= 4 is 23.4 Å². The van der Waals surface area contributed by atoms with E-state index < -0.39 is 17.9 Å². The second kappa shape index (κ2) is 7.19. The second-order valence-corrected chi connectivity index (χ2v) is 5.60. The van der Waals surface area contributed by atoms with Crippen molar-refractivity contribution in [3.63, 3.8) is 0 Å². The van der Waals surface area contributed by atoms with Gasteiger partial charge in [-0.25, -0.2) is 9.48 Å². The van der Waals surface area contributed by atoms with Crippen LogP contribution in [0, 0.1) is 0 Å². The zero-order valence-corrected chi connectivity index (χ0v) is 13.6. The number of hydrogen-bond donors (Lipinski definition) is 1. The van der Waals surface area contributed by atoms with Crippen LogP contribution in [0.5, 0.6) is 5.75 Å². The fourth-order valence-corrected chi connectivity index (χ4v) is 2.31. The number of carbonyl (C=O) groups is 2. The standard InChI is InChI=1S/C18H13ClN2O4/c19-13-6-8-15(9-7-13)25-17(18(23)24)16(22)12-10-20-21(11-12)14-4-2-1-3-5-14/h1-11,17H,(H,23,24). The number of hydrogen-bond acceptors (Lipinski definition) is 4. The van der Waals surface area contributed by atoms with Crippen LogP contribution in [-0.4, -0.2) is 32.7 Å². The Hall–Kier alpha value is -3.12. The molecule has 0 aliphatic carbocycles. The average Bonchev–Trinajstić information content (AvgIpc) is 3.11. The molecule has 6 nitrogen and oxygen atoms in total. The molecular weight excluding hydrogens is 344 g/mol. The number of rotatable bonds is 6. The van der Waals surface area contributed by atoms with Crippen molar-refractivity contribution in [3.05, 3.63) is 77.6 Å². The molecule has 7 heteroatoms. The zero-order valence-electron chi connectivity index (χ0n) is 12.9. The molecule has 0 aliphatic heterocycles. The Labute approximate surface area is 148 Å². The van der Waals surface area contributed by atoms with Gasteiger partial charge < -0.3 is 9.84 Å². The molecule has 0 saturated carbocycles. The van der Waals surface area contributed by atoms with Crippen molar-refractivity contribution in [3.8, 4) is 11.4 Å². The quantitative estimate of drug-likeness (QED) is 0.541. The van der Waals surface area contributed by atoms with Crippen LogP contribution in [0.3, 0.4) is 0 Å². The summed E-state index contributed by atoms with van der Waals surface area (Å²) in [5, 5.41) is 13.9. The summed E-state index contributed by atoms with van der Waals surface area (Å²) in [7, 11) is 0. The number of ketones is 1. The van der Waals surface area contributed by atoms with Gasteiger partial charge in [0.05, 0.1) is 17.4 Å². The minimum Gasteiger partial charge on any atom is -0.478 e. The zero-order chi connectivity index (χ0) is 17.8. The van der Waals surface area contributed by atoms with Crippen LogP contribution in [0.4, 0.5) is 0 Å². The monoisotopic (exact) mass is 356 g/mol. The van der Waals surface area contributed by atoms with Gasteiger partial charge in [0.1, 0.15) is 5.75 Å². The molecular formula is C18H13ClN2O4. The van der Waals surface area contributed by atoms with Gasteiger partial charge in [-0.05, 0) is 36.4 Å². The lowest BCUT2D eigenvalue weighted by molar-refractivity contribution is -0.142. The van der Waals surface area contributed by atoms with Crippen molar-refractivity contribution in [2.45, 2.75) is 6.10 Å². The normalized spacial score (nSPS) is 11.7. The summed E-state index contributed by atoms with van der Waals surface area (Å²) in [5.41, 5.74) is 0.900. The molecule has 3 rings (SSSR count). The molecule has 0 fully saturated rings. The molecule has 0 saturated heterocycles. The molecule has 0 spiro atoms. The Kier molecular flexibility index (Phi) is 4.81. The number of nitrogens with zero attached hydrogens (tertiary/aromatic N) is 2. The molecule has 1 aromatic heterocycles. The van der Waals surface area contributed by atoms with Crippen molar-refractivity contribution in [2.75, 3.05) is 0 Å². The molecule has 1 N–H and O–H groups in total. The second-order valence-electron chi connectivity index (χ2n) is 5.16. The van der Waals surface area contributed by atoms with Gasteiger partial charge in [0.2, 0.25) is 5.78 Å². The molecule has 1 unspecified atom stereocenters. The number of Topliss-reactive ketones (excluding diaryl/α,β-unsaturated/α-hetero) is 1. The van der Waals surface area contributed by atoms with E-state index in [9.17, 15) is 14.7 Å². The van der Waals surface area contributed by atoms with Crippen molar-refractivity contribution in [1.82, 2.24) is 9.78 Å². The minimum absolute atomic E-state index is 0.144. The van der Waals surface area contributed by atoms with Gasteiger partial charge in [-0.15, -0.1) is 0 Å². The van der Waals surface area contributed by atoms with Crippen molar-refractivity contribution < 1.29 is 19.4 Å². The summed E-state index contributed by atoms with van der Waals surface area (Å²) in [4.78, 5) is 24.0. The molecule has 0 radical (unpaired) electrons. The van der Waals surface area contributed by atoms with E-state index in [1.807, 2.05) is 30.3 Å². The minimum atomic E-state index is -1.67. The largest absolute Gasteiger partial charge is 0.478 e. The molecule has 0 aliphatic rings. The summed E-state index contributed by atoms with van der Waals surface area (Å²) in [5.74, 6) is -1.84. The number of carboxylic acids is 1. The van der Waals surface area contributed by atoms with E-state index in [-0.39, 0.29) is 11.3 Å². The number of aliphatic carboxylic acids is 1. The molecule has 2 aromatic carbocycles. The van der Waals surface area contributed by atoms with Crippen LogP contribution in [0.25, 0.3) is 5.69 Å². The first-order valence-electron chi connectivity index (χ1n) is 7.34. The van der Waals surface area contributed by atoms with Gasteiger partial charge in [-0.2, -0.15) is 5.10 Å². The van der Waals surface area contributed by atoms with E-state index in [0.717, 1.165) is 5.69 Å². The Morgan fingerprint density at radius 2 is 1.76 bits per heavy atom. The maximum atomic E-state index is 12.5. The fourth-order valence-electron chi connectivity index (χ4n) is 2.19. The van der Waals surface area contributed by atoms with E-state index in [4.69, 9.17) is 16.3 Å². The smallest absolute Gasteiger partial charge is 0.353 e. The van der Waals surface area contributed by atoms with E-state index >= 15 is 0 Å². The lowest BCUT2D eigenvalue weighted by atomic mass is 10.1. The first kappa shape index (κ1) is 16.7. The highest BCUT2D eigenvalue weighted by Gasteiger charge is 2.30. The lowest BCUT2D eigenvalue weighted by Gasteiger charge is -2.13. The number of aromatic nitrogens is 2. The Bertz CT molecular complexity index is 891. The third-order valence-electron chi connectivity index (χ3n) is 3.42. The SMILES string of the molecule is O=C(O)C(Oc1ccc(Cl)cc1)C(=O)c1cnn(-c2ccccc2)c1. The van der Waals surface area contributed by atoms with Gasteiger partial charge in [0.15, 0.2) is 0 Å². The Morgan fingerprint density at radius 3 is 2.40 bits per heavy atom. The molecule has 126 valence electrons. The number of carboxylic acid groups (broad SMARTS) is 1. The number of benzene rings is 2. The molecule has 3 aromatic rings. The highest BCUT2D eigenvalue weighted by atomic mass is 35.5. The molecule has 0 amide bonds. The summed E-state index contributed by atoms with van der Waals surface area (Å²) in [6.07, 6.45) is 1.12. The molecule has 1 heterocycles. The van der Waals surface area contributed by atoms with Crippen LogP contribution < -0.4 is 4.74 Å². The van der Waals surface area contributed by atoms with E-state index in [1.165, 1.54) is 29.2 Å². The third kappa shape index (κ3) is 3.87. The molecule has 0 bridgehead atoms. The number of ether oxygens (including phenoxy) is 1. The molecule has 25 heavy (non-hydrogen) atoms. The summed E-state index contributed by atoms with van der Waals surface area (Å²) < 4.78 is 6.81. The summed E-state index contributed by atoms with van der Waals surface area (Å²) in [6, 6.07) is 15.3. The fraction of sp³-hybridized carbons (Fsp3) is 0.0556. The average molecular weight is 357 g/mol. The predicted molar refractivity (Wildman–Crippen MR) is 91.4 cm³/mol. The Balaban J connectivity index is 1.82. The van der Waals surface area contributed by atoms with Crippen molar-refractivity contribution in [2.24, 2.45) is 0 Å². The van der Waals surface area contributed by atoms with Crippen LogP contribution >= 0.6 is 11.6 Å². The van der Waals surface area contributed by atoms with Gasteiger partial charge in [0, 0.05) is 11.2 Å². The molecule has 1 atom stereocenters. The maximum absolute atomic E-state index is 12.5. The summed E-state index contributed by atoms with van der Waals surface area (Å²) >= 11 is 5.78. The number of carbonyl (C=O) groups excluding carboxylic acids is 1. The van der Waals surface area contributed by atoms with Crippen LogP contribution in [0.15, 0.2) is 67.0 Å². The Morgan fingerprint density at radius 1 is 1.08 bits per heavy atom. The van der Waals surface area contributed by atoms with Crippen molar-refractivity contribution in [1.29, 1.82) is 0 Å². The van der Waals surface area contributed by atoms with Gasteiger partial charge >= 0.3 is 5.97 Å². The highest BCUT2D eigenvalue weighted by molar-refractivity contribution is 6.30. The lowest BCUT2D eigenvalue weighted by Crippen LogP contribution is -2.35. The van der Waals surface area contributed by atoms with Crippen LogP contribution in [0.1, 0.15) is 10.4 Å². The van der Waals surface area contributed by atoms with Gasteiger partial charge in [0.25, 0.3) is 6.10 Å². The number of para-hydroxylation sites is 1. The highest BCUT2D eigenvalue weighted by Crippen LogP contribution is 2.19. The maximum Gasteiger partial charge on any atom is 0.353 e. The summed E-state index contributed by atoms with van der Waals surface area (Å²) in [6.45, 7) is 0. The third-order valence-corrected chi connectivity index (χ3v) is 3.67. The van der Waals surface area contributed by atoms with Crippen LogP contribution in [0.2, 0.25) is 5.02 Å². The topological polar surface area (TPSA) is 81.4 Å².